The Morgan fingerprint density at radius 2 is 1.95 bits per heavy atom. The number of rotatable bonds is 2. The molecule has 0 aliphatic heterocycles. The molecule has 0 saturated carbocycles. The van der Waals surface area contributed by atoms with Crippen molar-refractivity contribution in [1.82, 2.24) is 9.97 Å². The van der Waals surface area contributed by atoms with E-state index in [1.165, 1.54) is 6.26 Å². The van der Waals surface area contributed by atoms with Crippen LogP contribution in [0.2, 0.25) is 0 Å². The van der Waals surface area contributed by atoms with Crippen molar-refractivity contribution in [3.8, 4) is 0 Å². The largest absolute Gasteiger partial charge is 0.461 e. The van der Waals surface area contributed by atoms with Crippen molar-refractivity contribution in [2.24, 2.45) is 0 Å². The van der Waals surface area contributed by atoms with Crippen molar-refractivity contribution in [3.63, 3.8) is 0 Å². The van der Waals surface area contributed by atoms with Gasteiger partial charge in [0.25, 0.3) is 0 Å². The molecule has 5 nitrogen and oxygen atoms in total. The van der Waals surface area contributed by atoms with E-state index < -0.39 is 0 Å². The van der Waals surface area contributed by atoms with Crippen LogP contribution in [0.15, 0.2) is 38.1 Å². The number of nitrogens with one attached hydrogen (secondary N) is 2. The predicted octanol–water partition coefficient (Wildman–Crippen LogP) is 2.75. The highest BCUT2D eigenvalue weighted by atomic mass is 79.9. The third kappa shape index (κ3) is 1.94. The van der Waals surface area contributed by atoms with Crippen LogP contribution >= 0.6 is 15.9 Å². The highest BCUT2D eigenvalue weighted by molar-refractivity contribution is 9.10. The molecule has 1 aromatic carbocycles. The number of benzene rings is 1. The van der Waals surface area contributed by atoms with Gasteiger partial charge < -0.3 is 14.4 Å². The molecule has 2 N–H and O–H groups in total. The van der Waals surface area contributed by atoms with E-state index in [1.54, 1.807) is 25.1 Å². The second-order valence-electron chi connectivity index (χ2n) is 4.22. The fourth-order valence-electron chi connectivity index (χ4n) is 1.96. The number of carbonyl (C=O) groups excluding carboxylic acids is 1. The molecule has 0 aliphatic carbocycles. The first kappa shape index (κ1) is 12.0. The Balaban J connectivity index is 2.19. The summed E-state index contributed by atoms with van der Waals surface area (Å²) in [6, 6.07) is 5.05. The molecule has 0 fully saturated rings. The number of furan rings is 1. The van der Waals surface area contributed by atoms with Gasteiger partial charge in [-0.05, 0) is 46.6 Å². The number of carbonyl (C=O) groups is 1. The van der Waals surface area contributed by atoms with Crippen molar-refractivity contribution in [2.75, 3.05) is 0 Å². The van der Waals surface area contributed by atoms with Crippen molar-refractivity contribution in [1.29, 1.82) is 0 Å². The number of ketones is 1. The molecule has 6 heteroatoms. The number of halogens is 1. The SMILES string of the molecule is Cc1ccoc1C(=O)c1cc2[nH]c(=O)[nH]c2cc1Br. The minimum absolute atomic E-state index is 0.224. The topological polar surface area (TPSA) is 78.9 Å². The summed E-state index contributed by atoms with van der Waals surface area (Å²) < 4.78 is 5.81. The van der Waals surface area contributed by atoms with Gasteiger partial charge >= 0.3 is 5.69 Å². The van der Waals surface area contributed by atoms with Crippen LogP contribution in [0.25, 0.3) is 11.0 Å². The van der Waals surface area contributed by atoms with Crippen LogP contribution in [0.5, 0.6) is 0 Å². The van der Waals surface area contributed by atoms with Crippen molar-refractivity contribution in [3.05, 3.63) is 56.3 Å². The Morgan fingerprint density at radius 3 is 2.58 bits per heavy atom. The number of aromatic nitrogens is 2. The highest BCUT2D eigenvalue weighted by Crippen LogP contribution is 2.25. The van der Waals surface area contributed by atoms with E-state index in [0.717, 1.165) is 5.56 Å². The number of aryl methyl sites for hydroxylation is 1. The molecule has 0 atom stereocenters. The second-order valence-corrected chi connectivity index (χ2v) is 5.07. The van der Waals surface area contributed by atoms with Crippen LogP contribution in [-0.4, -0.2) is 15.8 Å². The summed E-state index contributed by atoms with van der Waals surface area (Å²) in [5, 5.41) is 0. The molecule has 2 aromatic heterocycles. The monoisotopic (exact) mass is 320 g/mol. The van der Waals surface area contributed by atoms with Crippen LogP contribution in [0.1, 0.15) is 21.7 Å². The van der Waals surface area contributed by atoms with E-state index >= 15 is 0 Å². The molecule has 3 aromatic rings. The number of hydrogen-bond donors (Lipinski definition) is 2. The fraction of sp³-hybridized carbons (Fsp3) is 0.0769. The molecule has 0 aliphatic rings. The average molecular weight is 321 g/mol. The molecular formula is C13H9BrN2O3. The lowest BCUT2D eigenvalue weighted by Crippen LogP contribution is -2.02. The van der Waals surface area contributed by atoms with Gasteiger partial charge in [-0.15, -0.1) is 0 Å². The average Bonchev–Trinajstić information content (AvgIpc) is 2.92. The minimum atomic E-state index is -0.305. The maximum Gasteiger partial charge on any atom is 0.323 e. The summed E-state index contributed by atoms with van der Waals surface area (Å²) >= 11 is 3.34. The molecule has 0 radical (unpaired) electrons. The molecule has 0 saturated heterocycles. The van der Waals surface area contributed by atoms with Gasteiger partial charge in [-0.25, -0.2) is 4.79 Å². The van der Waals surface area contributed by atoms with Crippen molar-refractivity contribution < 1.29 is 9.21 Å². The maximum absolute atomic E-state index is 12.4. The third-order valence-electron chi connectivity index (χ3n) is 2.92. The van der Waals surface area contributed by atoms with Gasteiger partial charge in [0.05, 0.1) is 17.3 Å². The first-order valence-corrected chi connectivity index (χ1v) is 6.36. The molecule has 0 unspecified atom stereocenters. The van der Waals surface area contributed by atoms with Gasteiger partial charge in [-0.3, -0.25) is 4.79 Å². The molecule has 0 bridgehead atoms. The maximum atomic E-state index is 12.4. The van der Waals surface area contributed by atoms with E-state index in [1.807, 2.05) is 0 Å². The van der Waals surface area contributed by atoms with Gasteiger partial charge in [0.2, 0.25) is 5.78 Å². The summed E-state index contributed by atoms with van der Waals surface area (Å²) in [5.41, 5.74) is 2.14. The van der Waals surface area contributed by atoms with Gasteiger partial charge in [-0.1, -0.05) is 0 Å². The normalized spacial score (nSPS) is 11.1. The van der Waals surface area contributed by atoms with Gasteiger partial charge in [0.15, 0.2) is 5.76 Å². The standard InChI is InChI=1S/C13H9BrN2O3/c1-6-2-3-19-12(6)11(17)7-4-9-10(5-8(7)14)16-13(18)15-9/h2-5H,1H3,(H2,15,16,18). The number of hydrogen-bond acceptors (Lipinski definition) is 3. The zero-order valence-corrected chi connectivity index (χ0v) is 11.5. The summed E-state index contributed by atoms with van der Waals surface area (Å²) in [4.78, 5) is 28.9. The number of fused-ring (bicyclic) bond motifs is 1. The van der Waals surface area contributed by atoms with Crippen LogP contribution in [-0.2, 0) is 0 Å². The predicted molar refractivity (Wildman–Crippen MR) is 73.5 cm³/mol. The summed E-state index contributed by atoms with van der Waals surface area (Å²) in [6.07, 6.45) is 1.48. The van der Waals surface area contributed by atoms with E-state index in [0.29, 0.717) is 26.8 Å². The number of H-pyrrole nitrogens is 2. The van der Waals surface area contributed by atoms with Crippen molar-refractivity contribution in [2.45, 2.75) is 6.92 Å². The van der Waals surface area contributed by atoms with Crippen LogP contribution < -0.4 is 5.69 Å². The molecule has 96 valence electrons. The van der Waals surface area contributed by atoms with Crippen LogP contribution in [0, 0.1) is 6.92 Å². The molecule has 0 spiro atoms. The second kappa shape index (κ2) is 4.24. The van der Waals surface area contributed by atoms with E-state index in [4.69, 9.17) is 4.42 Å². The van der Waals surface area contributed by atoms with E-state index in [-0.39, 0.29) is 11.5 Å². The molecular weight excluding hydrogens is 312 g/mol. The highest BCUT2D eigenvalue weighted by Gasteiger charge is 2.19. The number of imidazole rings is 1. The zero-order valence-electron chi connectivity index (χ0n) is 9.91. The molecule has 19 heavy (non-hydrogen) atoms. The lowest BCUT2D eigenvalue weighted by molar-refractivity contribution is 0.101. The summed E-state index contributed by atoms with van der Waals surface area (Å²) in [5.74, 6) is 0.0799. The quantitative estimate of drug-likeness (QED) is 0.712. The third-order valence-corrected chi connectivity index (χ3v) is 3.57. The lowest BCUT2D eigenvalue weighted by atomic mass is 10.1. The first-order valence-electron chi connectivity index (χ1n) is 5.56. The zero-order chi connectivity index (χ0) is 13.6. The first-order chi connectivity index (χ1) is 9.06. The molecule has 0 amide bonds. The summed E-state index contributed by atoms with van der Waals surface area (Å²) in [6.45, 7) is 1.81. The van der Waals surface area contributed by atoms with Gasteiger partial charge in [0.1, 0.15) is 0 Å². The Bertz CT molecular complexity index is 841. The smallest absolute Gasteiger partial charge is 0.323 e. The Labute approximate surface area is 115 Å². The summed E-state index contributed by atoms with van der Waals surface area (Å²) in [7, 11) is 0. The molecule has 3 rings (SSSR count). The Hall–Kier alpha value is -2.08. The minimum Gasteiger partial charge on any atom is -0.461 e. The van der Waals surface area contributed by atoms with Crippen molar-refractivity contribution >= 4 is 32.7 Å². The van der Waals surface area contributed by atoms with Crippen LogP contribution in [0.3, 0.4) is 0 Å². The van der Waals surface area contributed by atoms with E-state index in [2.05, 4.69) is 25.9 Å². The van der Waals surface area contributed by atoms with Gasteiger partial charge in [-0.2, -0.15) is 0 Å². The Morgan fingerprint density at radius 1 is 1.26 bits per heavy atom. The number of aromatic amines is 2. The molecule has 2 heterocycles. The van der Waals surface area contributed by atoms with Gasteiger partial charge in [0, 0.05) is 10.0 Å². The Kier molecular flexibility index (Phi) is 2.67. The lowest BCUT2D eigenvalue weighted by Gasteiger charge is -2.03. The van der Waals surface area contributed by atoms with Crippen LogP contribution in [0.4, 0.5) is 0 Å². The van der Waals surface area contributed by atoms with E-state index in [9.17, 15) is 9.59 Å². The fourth-order valence-corrected chi connectivity index (χ4v) is 2.48.